The average Bonchev–Trinajstić information content (AvgIpc) is 2.84. The summed E-state index contributed by atoms with van der Waals surface area (Å²) in [5.41, 5.74) is 2.96. The molecule has 0 bridgehead atoms. The molecule has 2 rings (SSSR count). The van der Waals surface area contributed by atoms with Crippen molar-refractivity contribution in [3.63, 3.8) is 0 Å². The summed E-state index contributed by atoms with van der Waals surface area (Å²) in [6, 6.07) is 1.83. The van der Waals surface area contributed by atoms with Crippen molar-refractivity contribution in [3.05, 3.63) is 28.0 Å². The minimum Gasteiger partial charge on any atom is -0.477 e. The number of hydrogen-bond donors (Lipinski definition) is 1. The van der Waals surface area contributed by atoms with Crippen molar-refractivity contribution in [2.45, 2.75) is 33.1 Å². The van der Waals surface area contributed by atoms with E-state index in [4.69, 9.17) is 4.74 Å². The Balaban J connectivity index is 1.97. The summed E-state index contributed by atoms with van der Waals surface area (Å²) in [6.07, 6.45) is 2.74. The molecule has 0 aliphatic carbocycles. The van der Waals surface area contributed by atoms with Crippen molar-refractivity contribution in [1.82, 2.24) is 15.0 Å². The number of anilines is 1. The number of nitrogens with one attached hydrogen (secondary N) is 1. The Morgan fingerprint density at radius 2 is 2.15 bits per heavy atom. The van der Waals surface area contributed by atoms with Crippen LogP contribution in [-0.2, 0) is 12.8 Å². The fourth-order valence-corrected chi connectivity index (χ4v) is 2.59. The van der Waals surface area contributed by atoms with Gasteiger partial charge in [-0.15, -0.1) is 11.3 Å². The molecule has 2 aromatic heterocycles. The second kappa shape index (κ2) is 7.19. The van der Waals surface area contributed by atoms with Crippen LogP contribution in [-0.4, -0.2) is 28.6 Å². The van der Waals surface area contributed by atoms with E-state index < -0.39 is 0 Å². The number of nitrogens with zero attached hydrogens (tertiary/aromatic N) is 3. The van der Waals surface area contributed by atoms with E-state index in [1.54, 1.807) is 11.3 Å². The van der Waals surface area contributed by atoms with Gasteiger partial charge in [0.05, 0.1) is 17.8 Å². The molecule has 0 radical (unpaired) electrons. The van der Waals surface area contributed by atoms with Gasteiger partial charge in [0.15, 0.2) is 0 Å². The highest BCUT2D eigenvalue weighted by molar-refractivity contribution is 7.09. The number of aromatic nitrogens is 3. The molecule has 0 spiro atoms. The third kappa shape index (κ3) is 3.90. The molecule has 2 heterocycles. The monoisotopic (exact) mass is 292 g/mol. The zero-order valence-corrected chi connectivity index (χ0v) is 13.0. The summed E-state index contributed by atoms with van der Waals surface area (Å²) < 4.78 is 5.75. The first-order valence-corrected chi connectivity index (χ1v) is 7.68. The minimum atomic E-state index is 0.606. The highest BCUT2D eigenvalue weighted by Gasteiger charge is 2.06. The Kier molecular flexibility index (Phi) is 5.29. The Morgan fingerprint density at radius 1 is 1.30 bits per heavy atom. The van der Waals surface area contributed by atoms with Crippen molar-refractivity contribution in [3.8, 4) is 5.88 Å². The third-order valence-corrected chi connectivity index (χ3v) is 3.90. The van der Waals surface area contributed by atoms with Crippen LogP contribution in [0.25, 0.3) is 0 Å². The molecule has 0 saturated carbocycles. The molecule has 5 nitrogen and oxygen atoms in total. The van der Waals surface area contributed by atoms with Crippen LogP contribution in [0.1, 0.15) is 29.7 Å². The van der Waals surface area contributed by atoms with Gasteiger partial charge in [0.2, 0.25) is 5.88 Å². The maximum Gasteiger partial charge on any atom is 0.218 e. The van der Waals surface area contributed by atoms with Crippen molar-refractivity contribution in [2.24, 2.45) is 0 Å². The van der Waals surface area contributed by atoms with Crippen LogP contribution in [0, 0.1) is 6.92 Å². The van der Waals surface area contributed by atoms with Crippen LogP contribution >= 0.6 is 11.3 Å². The maximum absolute atomic E-state index is 5.75. The van der Waals surface area contributed by atoms with Gasteiger partial charge in [0, 0.05) is 30.8 Å². The first-order chi connectivity index (χ1) is 9.72. The van der Waals surface area contributed by atoms with E-state index in [1.807, 2.05) is 25.5 Å². The van der Waals surface area contributed by atoms with Gasteiger partial charge in [-0.05, 0) is 13.3 Å². The van der Waals surface area contributed by atoms with Gasteiger partial charge >= 0.3 is 0 Å². The molecule has 0 amide bonds. The summed E-state index contributed by atoms with van der Waals surface area (Å²) in [4.78, 5) is 14.3. The van der Waals surface area contributed by atoms with Crippen LogP contribution < -0.4 is 10.1 Å². The fraction of sp³-hybridized carbons (Fsp3) is 0.500. The predicted octanol–water partition coefficient (Wildman–Crippen LogP) is 2.86. The van der Waals surface area contributed by atoms with Crippen molar-refractivity contribution < 1.29 is 4.74 Å². The largest absolute Gasteiger partial charge is 0.477 e. The van der Waals surface area contributed by atoms with Gasteiger partial charge in [0.1, 0.15) is 11.6 Å². The Morgan fingerprint density at radius 3 is 2.80 bits per heavy atom. The molecule has 1 N–H and O–H groups in total. The number of aryl methyl sites for hydroxylation is 2. The summed E-state index contributed by atoms with van der Waals surface area (Å²) in [7, 11) is 1.85. The van der Waals surface area contributed by atoms with E-state index in [-0.39, 0.29) is 0 Å². The maximum atomic E-state index is 5.75. The molecule has 0 aromatic carbocycles. The quantitative estimate of drug-likeness (QED) is 0.850. The fourth-order valence-electron chi connectivity index (χ4n) is 1.82. The number of hydrogen-bond acceptors (Lipinski definition) is 6. The molecule has 2 aromatic rings. The van der Waals surface area contributed by atoms with Gasteiger partial charge < -0.3 is 10.1 Å². The van der Waals surface area contributed by atoms with E-state index in [2.05, 4.69) is 27.2 Å². The second-order valence-electron chi connectivity index (χ2n) is 4.47. The molecule has 0 saturated heterocycles. The zero-order chi connectivity index (χ0) is 14.4. The molecule has 108 valence electrons. The Bertz CT molecular complexity index is 556. The van der Waals surface area contributed by atoms with E-state index in [0.717, 1.165) is 36.6 Å². The molecular formula is C14H20N4OS. The molecule has 20 heavy (non-hydrogen) atoms. The van der Waals surface area contributed by atoms with Crippen molar-refractivity contribution in [2.75, 3.05) is 19.0 Å². The lowest BCUT2D eigenvalue weighted by molar-refractivity contribution is 0.308. The number of rotatable bonds is 7. The molecule has 0 fully saturated rings. The zero-order valence-electron chi connectivity index (χ0n) is 12.1. The van der Waals surface area contributed by atoms with E-state index in [9.17, 15) is 0 Å². The summed E-state index contributed by atoms with van der Waals surface area (Å²) in [6.45, 7) is 4.74. The average molecular weight is 292 g/mol. The van der Waals surface area contributed by atoms with Gasteiger partial charge in [-0.3, -0.25) is 0 Å². The van der Waals surface area contributed by atoms with E-state index in [0.29, 0.717) is 12.5 Å². The van der Waals surface area contributed by atoms with Crippen molar-refractivity contribution >= 4 is 17.2 Å². The number of ether oxygens (including phenoxy) is 1. The highest BCUT2D eigenvalue weighted by atomic mass is 32.1. The molecule has 0 unspecified atom stereocenters. The molecule has 0 aliphatic rings. The van der Waals surface area contributed by atoms with Crippen molar-refractivity contribution in [1.29, 1.82) is 0 Å². The number of thiazole rings is 1. The highest BCUT2D eigenvalue weighted by Crippen LogP contribution is 2.16. The third-order valence-electron chi connectivity index (χ3n) is 2.90. The predicted molar refractivity (Wildman–Crippen MR) is 81.6 cm³/mol. The standard InChI is InChI=1S/C14H20N4OS/c1-4-5-12-17-13(15-3)8-14(18-12)19-7-6-11-10(2)16-9-20-11/h8-9H,4-7H2,1-3H3,(H,15,17,18). The molecule has 0 atom stereocenters. The lowest BCUT2D eigenvalue weighted by Crippen LogP contribution is -2.06. The smallest absolute Gasteiger partial charge is 0.218 e. The molecule has 6 heteroatoms. The lowest BCUT2D eigenvalue weighted by Gasteiger charge is -2.08. The van der Waals surface area contributed by atoms with Crippen LogP contribution in [0.3, 0.4) is 0 Å². The topological polar surface area (TPSA) is 59.9 Å². The van der Waals surface area contributed by atoms with Gasteiger partial charge in [0.25, 0.3) is 0 Å². The van der Waals surface area contributed by atoms with E-state index in [1.165, 1.54) is 4.88 Å². The summed E-state index contributed by atoms with van der Waals surface area (Å²) >= 11 is 1.67. The SMILES string of the molecule is CCCc1nc(NC)cc(OCCc2scnc2C)n1. The normalized spacial score (nSPS) is 10.6. The van der Waals surface area contributed by atoms with Crippen LogP contribution in [0.4, 0.5) is 5.82 Å². The first-order valence-electron chi connectivity index (χ1n) is 6.80. The molecular weight excluding hydrogens is 272 g/mol. The van der Waals surface area contributed by atoms with Gasteiger partial charge in [-0.1, -0.05) is 6.92 Å². The van der Waals surface area contributed by atoms with Crippen LogP contribution in [0.15, 0.2) is 11.6 Å². The Labute approximate surface area is 123 Å². The first kappa shape index (κ1) is 14.7. The Hall–Kier alpha value is -1.69. The molecule has 0 aliphatic heterocycles. The van der Waals surface area contributed by atoms with Gasteiger partial charge in [-0.2, -0.15) is 4.98 Å². The lowest BCUT2D eigenvalue weighted by atomic mass is 10.3. The van der Waals surface area contributed by atoms with E-state index >= 15 is 0 Å². The summed E-state index contributed by atoms with van der Waals surface area (Å²) in [5, 5.41) is 3.04. The second-order valence-corrected chi connectivity index (χ2v) is 5.41. The summed E-state index contributed by atoms with van der Waals surface area (Å²) in [5.74, 6) is 2.26. The van der Waals surface area contributed by atoms with Crippen LogP contribution in [0.2, 0.25) is 0 Å². The van der Waals surface area contributed by atoms with Crippen LogP contribution in [0.5, 0.6) is 5.88 Å². The minimum absolute atomic E-state index is 0.606. The van der Waals surface area contributed by atoms with Gasteiger partial charge in [-0.25, -0.2) is 9.97 Å².